The molecule has 156 valence electrons. The van der Waals surface area contributed by atoms with Crippen LogP contribution in [0.25, 0.3) is 0 Å². The van der Waals surface area contributed by atoms with Gasteiger partial charge in [0.25, 0.3) is 0 Å². The van der Waals surface area contributed by atoms with Gasteiger partial charge in [-0.3, -0.25) is 4.39 Å². The van der Waals surface area contributed by atoms with Crippen LogP contribution in [-0.4, -0.2) is 6.67 Å². The van der Waals surface area contributed by atoms with E-state index in [1.165, 1.54) is 88.2 Å². The molecule has 2 saturated carbocycles. The van der Waals surface area contributed by atoms with Crippen LogP contribution in [0.15, 0.2) is 36.4 Å². The van der Waals surface area contributed by atoms with Crippen molar-refractivity contribution in [3.63, 3.8) is 0 Å². The average Bonchev–Trinajstić information content (AvgIpc) is 2.75. The molecule has 2 fully saturated rings. The summed E-state index contributed by atoms with van der Waals surface area (Å²) < 4.78 is 12.2. The Morgan fingerprint density at radius 3 is 1.96 bits per heavy atom. The third-order valence-corrected chi connectivity index (χ3v) is 7.46. The van der Waals surface area contributed by atoms with Gasteiger partial charge >= 0.3 is 0 Å². The van der Waals surface area contributed by atoms with Crippen molar-refractivity contribution in [3.05, 3.63) is 47.5 Å². The van der Waals surface area contributed by atoms with Gasteiger partial charge in [0.1, 0.15) is 0 Å². The molecular formula is C27H41F. The van der Waals surface area contributed by atoms with Gasteiger partial charge < -0.3 is 0 Å². The van der Waals surface area contributed by atoms with E-state index in [1.54, 1.807) is 0 Å². The predicted octanol–water partition coefficient (Wildman–Crippen LogP) is 8.10. The molecule has 0 atom stereocenters. The van der Waals surface area contributed by atoms with Crippen molar-refractivity contribution in [1.82, 2.24) is 0 Å². The van der Waals surface area contributed by atoms with Gasteiger partial charge in [0.2, 0.25) is 0 Å². The van der Waals surface area contributed by atoms with E-state index >= 15 is 0 Å². The standard InChI is InChI=1S/C27H41F/c1-2-5-22-7-9-24(10-8-22)11-12-25-15-19-27(20-16-25)26-17-13-23(14-18-26)6-3-4-21-28/h3,6-10,23,25-27H,2,4-5,11-21H2,1H3. The molecule has 28 heavy (non-hydrogen) atoms. The molecule has 1 heteroatoms. The Hall–Kier alpha value is -1.11. The molecule has 0 amide bonds. The van der Waals surface area contributed by atoms with Crippen molar-refractivity contribution < 1.29 is 4.39 Å². The van der Waals surface area contributed by atoms with Crippen molar-refractivity contribution >= 4 is 0 Å². The Bertz CT molecular complexity index is 556. The maximum Gasteiger partial charge on any atom is 0.0928 e. The molecule has 0 nitrogen and oxygen atoms in total. The van der Waals surface area contributed by atoms with Crippen LogP contribution in [-0.2, 0) is 12.8 Å². The summed E-state index contributed by atoms with van der Waals surface area (Å²) in [5, 5.41) is 0. The molecule has 3 rings (SSSR count). The highest BCUT2D eigenvalue weighted by Gasteiger charge is 2.30. The van der Waals surface area contributed by atoms with Crippen LogP contribution in [0.5, 0.6) is 0 Å². The van der Waals surface area contributed by atoms with Crippen LogP contribution in [0.4, 0.5) is 4.39 Å². The minimum absolute atomic E-state index is 0.209. The highest BCUT2D eigenvalue weighted by molar-refractivity contribution is 5.22. The first-order chi connectivity index (χ1) is 13.8. The molecule has 0 N–H and O–H groups in total. The second-order valence-electron chi connectivity index (χ2n) is 9.47. The van der Waals surface area contributed by atoms with Gasteiger partial charge in [0.05, 0.1) is 6.67 Å². The third-order valence-electron chi connectivity index (χ3n) is 7.46. The van der Waals surface area contributed by atoms with E-state index in [9.17, 15) is 4.39 Å². The van der Waals surface area contributed by atoms with E-state index in [2.05, 4.69) is 43.3 Å². The van der Waals surface area contributed by atoms with Crippen molar-refractivity contribution in [2.75, 3.05) is 6.67 Å². The molecule has 0 radical (unpaired) electrons. The summed E-state index contributed by atoms with van der Waals surface area (Å²) in [5.74, 6) is 3.63. The lowest BCUT2D eigenvalue weighted by atomic mass is 9.68. The van der Waals surface area contributed by atoms with E-state index in [-0.39, 0.29) is 6.67 Å². The lowest BCUT2D eigenvalue weighted by molar-refractivity contribution is 0.152. The number of hydrogen-bond acceptors (Lipinski definition) is 0. The zero-order valence-corrected chi connectivity index (χ0v) is 18.1. The summed E-state index contributed by atoms with van der Waals surface area (Å²) in [5.41, 5.74) is 3.01. The molecule has 1 aromatic carbocycles. The van der Waals surface area contributed by atoms with E-state index < -0.39 is 0 Å². The maximum atomic E-state index is 12.2. The van der Waals surface area contributed by atoms with Crippen molar-refractivity contribution in [2.45, 2.75) is 90.4 Å². The van der Waals surface area contributed by atoms with Crippen molar-refractivity contribution in [3.8, 4) is 0 Å². The Kier molecular flexibility index (Phi) is 9.09. The third kappa shape index (κ3) is 6.75. The molecule has 0 aromatic heterocycles. The summed E-state index contributed by atoms with van der Waals surface area (Å²) in [6.45, 7) is 2.04. The number of aryl methyl sites for hydroxylation is 2. The highest BCUT2D eigenvalue weighted by atomic mass is 19.1. The molecular weight excluding hydrogens is 343 g/mol. The van der Waals surface area contributed by atoms with E-state index in [4.69, 9.17) is 0 Å². The molecule has 2 aliphatic rings. The molecule has 2 aliphatic carbocycles. The Morgan fingerprint density at radius 2 is 1.39 bits per heavy atom. The lowest BCUT2D eigenvalue weighted by Gasteiger charge is -2.37. The quantitative estimate of drug-likeness (QED) is 0.377. The van der Waals surface area contributed by atoms with Crippen LogP contribution >= 0.6 is 0 Å². The fourth-order valence-corrected chi connectivity index (χ4v) is 5.64. The zero-order chi connectivity index (χ0) is 19.6. The second-order valence-corrected chi connectivity index (χ2v) is 9.47. The molecule has 0 heterocycles. The molecule has 0 spiro atoms. The van der Waals surface area contributed by atoms with Crippen LogP contribution < -0.4 is 0 Å². The Labute approximate surface area is 173 Å². The van der Waals surface area contributed by atoms with Crippen LogP contribution in [0.2, 0.25) is 0 Å². The van der Waals surface area contributed by atoms with E-state index in [0.29, 0.717) is 6.42 Å². The van der Waals surface area contributed by atoms with Crippen molar-refractivity contribution in [2.24, 2.45) is 23.7 Å². The normalized spacial score (nSPS) is 28.6. The van der Waals surface area contributed by atoms with E-state index in [0.717, 1.165) is 23.7 Å². The molecule has 0 saturated heterocycles. The van der Waals surface area contributed by atoms with Gasteiger partial charge in [-0.1, -0.05) is 62.6 Å². The highest BCUT2D eigenvalue weighted by Crippen LogP contribution is 2.42. The Balaban J connectivity index is 1.33. The topological polar surface area (TPSA) is 0 Å². The number of benzene rings is 1. The number of rotatable bonds is 9. The average molecular weight is 385 g/mol. The van der Waals surface area contributed by atoms with Crippen LogP contribution in [0.1, 0.15) is 88.7 Å². The van der Waals surface area contributed by atoms with Crippen LogP contribution in [0, 0.1) is 23.7 Å². The minimum atomic E-state index is -0.209. The first-order valence-corrected chi connectivity index (χ1v) is 12.1. The van der Waals surface area contributed by atoms with Gasteiger partial charge in [-0.2, -0.15) is 0 Å². The number of hydrogen-bond donors (Lipinski definition) is 0. The molecule has 0 aliphatic heterocycles. The largest absolute Gasteiger partial charge is 0.251 e. The maximum absolute atomic E-state index is 12.2. The van der Waals surface area contributed by atoms with Gasteiger partial charge in [0, 0.05) is 0 Å². The summed E-state index contributed by atoms with van der Waals surface area (Å²) in [6, 6.07) is 9.38. The molecule has 0 unspecified atom stereocenters. The first kappa shape index (κ1) is 21.6. The van der Waals surface area contributed by atoms with Crippen molar-refractivity contribution in [1.29, 1.82) is 0 Å². The van der Waals surface area contributed by atoms with Gasteiger partial charge in [0.15, 0.2) is 0 Å². The lowest BCUT2D eigenvalue weighted by Crippen LogP contribution is -2.25. The summed E-state index contributed by atoms with van der Waals surface area (Å²) in [4.78, 5) is 0. The van der Waals surface area contributed by atoms with E-state index in [1.807, 2.05) is 0 Å². The zero-order valence-electron chi connectivity index (χ0n) is 18.1. The summed E-state index contributed by atoms with van der Waals surface area (Å²) in [7, 11) is 0. The fourth-order valence-electron chi connectivity index (χ4n) is 5.64. The first-order valence-electron chi connectivity index (χ1n) is 12.1. The summed E-state index contributed by atoms with van der Waals surface area (Å²) in [6.07, 6.45) is 21.4. The second kappa shape index (κ2) is 11.8. The van der Waals surface area contributed by atoms with Gasteiger partial charge in [-0.05, 0) is 99.0 Å². The molecule has 0 bridgehead atoms. The number of halogens is 1. The predicted molar refractivity (Wildman–Crippen MR) is 119 cm³/mol. The minimum Gasteiger partial charge on any atom is -0.251 e. The van der Waals surface area contributed by atoms with Crippen LogP contribution in [0.3, 0.4) is 0 Å². The van der Waals surface area contributed by atoms with Gasteiger partial charge in [-0.25, -0.2) is 0 Å². The number of alkyl halides is 1. The Morgan fingerprint density at radius 1 is 0.821 bits per heavy atom. The fraction of sp³-hybridized carbons (Fsp3) is 0.704. The molecule has 1 aromatic rings. The number of allylic oxidation sites excluding steroid dienone is 2. The van der Waals surface area contributed by atoms with Gasteiger partial charge in [-0.15, -0.1) is 0 Å². The smallest absolute Gasteiger partial charge is 0.0928 e. The monoisotopic (exact) mass is 384 g/mol. The summed E-state index contributed by atoms with van der Waals surface area (Å²) >= 11 is 0. The SMILES string of the molecule is CCCc1ccc(CCC2CCC(C3CCC(C=CCCF)CC3)CC2)cc1.